The number of nitrogens with zero attached hydrogens (tertiary/aromatic N) is 1. The van der Waals surface area contributed by atoms with E-state index >= 15 is 0 Å². The minimum atomic E-state index is -0.0223. The Balaban J connectivity index is 1.45. The zero-order chi connectivity index (χ0) is 21.2. The molecule has 2 aromatic carbocycles. The van der Waals surface area contributed by atoms with Crippen LogP contribution in [-0.2, 0) is 0 Å². The Morgan fingerprint density at radius 3 is 2.61 bits per heavy atom. The SMILES string of the molecule is CN1CCCC(C(Oc2ccc3c(=O)c(C4CCCC4)coc3c2)c2ccccc2)C1. The summed E-state index contributed by atoms with van der Waals surface area (Å²) in [7, 11) is 2.18. The molecule has 0 N–H and O–H groups in total. The van der Waals surface area contributed by atoms with Crippen LogP contribution in [0.3, 0.4) is 0 Å². The van der Waals surface area contributed by atoms with Gasteiger partial charge in [0.05, 0.1) is 11.6 Å². The van der Waals surface area contributed by atoms with E-state index in [0.29, 0.717) is 22.8 Å². The summed E-state index contributed by atoms with van der Waals surface area (Å²) in [5.41, 5.74) is 2.76. The number of hydrogen-bond donors (Lipinski definition) is 0. The van der Waals surface area contributed by atoms with Gasteiger partial charge >= 0.3 is 0 Å². The molecule has 0 radical (unpaired) electrons. The van der Waals surface area contributed by atoms with Crippen molar-refractivity contribution in [3.8, 4) is 5.75 Å². The highest BCUT2D eigenvalue weighted by molar-refractivity contribution is 5.78. The lowest BCUT2D eigenvalue weighted by Gasteiger charge is -2.35. The first kappa shape index (κ1) is 20.3. The van der Waals surface area contributed by atoms with Crippen LogP contribution in [0.4, 0.5) is 0 Å². The molecule has 3 aromatic rings. The van der Waals surface area contributed by atoms with E-state index in [1.54, 1.807) is 6.26 Å². The number of benzene rings is 2. The molecular weight excluding hydrogens is 386 g/mol. The van der Waals surface area contributed by atoms with Gasteiger partial charge in [0.25, 0.3) is 0 Å². The Morgan fingerprint density at radius 2 is 1.84 bits per heavy atom. The van der Waals surface area contributed by atoms with Crippen molar-refractivity contribution in [2.24, 2.45) is 5.92 Å². The molecule has 31 heavy (non-hydrogen) atoms. The quantitative estimate of drug-likeness (QED) is 0.517. The molecule has 4 nitrogen and oxygen atoms in total. The molecule has 5 rings (SSSR count). The molecule has 4 heteroatoms. The van der Waals surface area contributed by atoms with E-state index < -0.39 is 0 Å². The lowest BCUT2D eigenvalue weighted by atomic mass is 9.88. The molecule has 0 bridgehead atoms. The first-order valence-electron chi connectivity index (χ1n) is 11.6. The zero-order valence-electron chi connectivity index (χ0n) is 18.3. The normalized spacial score (nSPS) is 21.4. The van der Waals surface area contributed by atoms with Crippen LogP contribution >= 0.6 is 0 Å². The van der Waals surface area contributed by atoms with Gasteiger partial charge < -0.3 is 14.1 Å². The Labute approximate surface area is 183 Å². The zero-order valence-corrected chi connectivity index (χ0v) is 18.3. The minimum Gasteiger partial charge on any atom is -0.485 e. The molecule has 2 fully saturated rings. The van der Waals surface area contributed by atoms with Gasteiger partial charge in [0.1, 0.15) is 17.4 Å². The second kappa shape index (κ2) is 8.88. The number of ether oxygens (including phenoxy) is 1. The molecule has 0 amide bonds. The van der Waals surface area contributed by atoms with E-state index in [4.69, 9.17) is 9.15 Å². The lowest BCUT2D eigenvalue weighted by Crippen LogP contribution is -2.36. The highest BCUT2D eigenvalue weighted by atomic mass is 16.5. The maximum atomic E-state index is 13.0. The molecule has 2 aliphatic rings. The van der Waals surface area contributed by atoms with Gasteiger partial charge in [0, 0.05) is 24.1 Å². The van der Waals surface area contributed by atoms with Crippen molar-refractivity contribution in [1.82, 2.24) is 4.90 Å². The fourth-order valence-electron chi connectivity index (χ4n) is 5.39. The van der Waals surface area contributed by atoms with Crippen LogP contribution in [-0.4, -0.2) is 25.0 Å². The topological polar surface area (TPSA) is 42.7 Å². The fourth-order valence-corrected chi connectivity index (χ4v) is 5.39. The Kier molecular flexibility index (Phi) is 5.82. The molecule has 2 heterocycles. The van der Waals surface area contributed by atoms with Crippen molar-refractivity contribution in [2.45, 2.75) is 50.5 Å². The van der Waals surface area contributed by atoms with Crippen LogP contribution in [0.25, 0.3) is 11.0 Å². The second-order valence-electron chi connectivity index (χ2n) is 9.27. The maximum Gasteiger partial charge on any atom is 0.196 e. The van der Waals surface area contributed by atoms with E-state index in [9.17, 15) is 4.79 Å². The summed E-state index contributed by atoms with van der Waals surface area (Å²) in [4.78, 5) is 15.4. The molecule has 1 aliphatic carbocycles. The highest BCUT2D eigenvalue weighted by Gasteiger charge is 2.29. The monoisotopic (exact) mass is 417 g/mol. The van der Waals surface area contributed by atoms with E-state index in [-0.39, 0.29) is 11.5 Å². The summed E-state index contributed by atoms with van der Waals surface area (Å²) < 4.78 is 12.5. The standard InChI is InChI=1S/C27H31NO3/c1-28-15-7-12-21(17-28)27(20-10-3-2-4-11-20)31-22-13-14-23-25(16-22)30-18-24(26(23)29)19-8-5-6-9-19/h2-4,10-11,13-14,16,18-19,21,27H,5-9,12,15,17H2,1H3. The van der Waals surface area contributed by atoms with Gasteiger partial charge in [-0.05, 0) is 62.9 Å². The van der Waals surface area contributed by atoms with E-state index in [2.05, 4.69) is 36.2 Å². The third-order valence-corrected chi connectivity index (χ3v) is 7.05. The van der Waals surface area contributed by atoms with Crippen molar-refractivity contribution in [3.05, 3.63) is 76.1 Å². The molecule has 1 saturated carbocycles. The first-order valence-corrected chi connectivity index (χ1v) is 11.6. The smallest absolute Gasteiger partial charge is 0.196 e. The van der Waals surface area contributed by atoms with Gasteiger partial charge in [-0.2, -0.15) is 0 Å². The molecular formula is C27H31NO3. The average molecular weight is 418 g/mol. The third-order valence-electron chi connectivity index (χ3n) is 7.05. The van der Waals surface area contributed by atoms with E-state index in [1.165, 1.54) is 24.8 Å². The van der Waals surface area contributed by atoms with Gasteiger partial charge in [0.2, 0.25) is 0 Å². The van der Waals surface area contributed by atoms with Crippen molar-refractivity contribution >= 4 is 11.0 Å². The predicted molar refractivity (Wildman–Crippen MR) is 124 cm³/mol. The van der Waals surface area contributed by atoms with Gasteiger partial charge in [-0.25, -0.2) is 0 Å². The largest absolute Gasteiger partial charge is 0.485 e. The van der Waals surface area contributed by atoms with Gasteiger partial charge in [-0.3, -0.25) is 4.79 Å². The Hall–Kier alpha value is -2.59. The molecule has 1 saturated heterocycles. The second-order valence-corrected chi connectivity index (χ2v) is 9.27. The summed E-state index contributed by atoms with van der Waals surface area (Å²) in [5, 5.41) is 0.658. The first-order chi connectivity index (χ1) is 15.2. The van der Waals surface area contributed by atoms with E-state index in [1.807, 2.05) is 24.3 Å². The molecule has 0 spiro atoms. The molecule has 1 aromatic heterocycles. The molecule has 2 unspecified atom stereocenters. The summed E-state index contributed by atoms with van der Waals surface area (Å²) in [6.07, 6.45) is 8.58. The van der Waals surface area contributed by atoms with Crippen molar-refractivity contribution in [2.75, 3.05) is 20.1 Å². The number of likely N-dealkylation sites (tertiary alicyclic amines) is 1. The summed E-state index contributed by atoms with van der Waals surface area (Å²) in [5.74, 6) is 1.53. The van der Waals surface area contributed by atoms with Crippen LogP contribution in [0.1, 0.15) is 61.7 Å². The number of hydrogen-bond acceptors (Lipinski definition) is 4. The van der Waals surface area contributed by atoms with Crippen LogP contribution in [0, 0.1) is 5.92 Å². The highest BCUT2D eigenvalue weighted by Crippen LogP contribution is 2.36. The van der Waals surface area contributed by atoms with Crippen molar-refractivity contribution < 1.29 is 9.15 Å². The Bertz CT molecular complexity index is 1080. The van der Waals surface area contributed by atoms with Crippen molar-refractivity contribution in [1.29, 1.82) is 0 Å². The lowest BCUT2D eigenvalue weighted by molar-refractivity contribution is 0.0777. The van der Waals surface area contributed by atoms with Crippen LogP contribution in [0.2, 0.25) is 0 Å². The summed E-state index contributed by atoms with van der Waals surface area (Å²) >= 11 is 0. The number of fused-ring (bicyclic) bond motifs is 1. The number of piperidine rings is 1. The van der Waals surface area contributed by atoms with Crippen molar-refractivity contribution in [3.63, 3.8) is 0 Å². The third kappa shape index (κ3) is 4.27. The fraction of sp³-hybridized carbons (Fsp3) is 0.444. The summed E-state index contributed by atoms with van der Waals surface area (Å²) in [6, 6.07) is 16.2. The van der Waals surface area contributed by atoms with Gasteiger partial charge in [-0.1, -0.05) is 43.2 Å². The van der Waals surface area contributed by atoms with Crippen LogP contribution in [0.15, 0.2) is 64.0 Å². The maximum absolute atomic E-state index is 13.0. The molecule has 2 atom stereocenters. The Morgan fingerprint density at radius 1 is 1.03 bits per heavy atom. The molecule has 1 aliphatic heterocycles. The van der Waals surface area contributed by atoms with E-state index in [0.717, 1.165) is 43.7 Å². The minimum absolute atomic E-state index is 0.0223. The number of rotatable bonds is 5. The predicted octanol–water partition coefficient (Wildman–Crippen LogP) is 5.91. The average Bonchev–Trinajstić information content (AvgIpc) is 3.33. The van der Waals surface area contributed by atoms with Gasteiger partial charge in [-0.15, -0.1) is 0 Å². The molecule has 162 valence electrons. The summed E-state index contributed by atoms with van der Waals surface area (Å²) in [6.45, 7) is 2.16. The van der Waals surface area contributed by atoms with Gasteiger partial charge in [0.15, 0.2) is 5.43 Å². The van der Waals surface area contributed by atoms with Crippen LogP contribution in [0.5, 0.6) is 5.75 Å². The van der Waals surface area contributed by atoms with Crippen LogP contribution < -0.4 is 10.2 Å².